The highest BCUT2D eigenvalue weighted by Gasteiger charge is 2.51. The molecule has 4 aromatic rings. The van der Waals surface area contributed by atoms with Gasteiger partial charge in [0.1, 0.15) is 25.0 Å². The molecule has 2 aromatic heterocycles. The number of Topliss-reactive ketones (excluding diaryl/α,β-unsaturated/α-hetero) is 1. The predicted molar refractivity (Wildman–Crippen MR) is 218 cm³/mol. The molecule has 3 atom stereocenters. The van der Waals surface area contributed by atoms with Crippen LogP contribution in [0.3, 0.4) is 0 Å². The Kier molecular flexibility index (Phi) is 12.0. The summed E-state index contributed by atoms with van der Waals surface area (Å²) in [6.07, 6.45) is 2.18. The van der Waals surface area contributed by atoms with Crippen molar-refractivity contribution in [3.8, 4) is 11.4 Å². The Bertz CT molecular complexity index is 2390. The number of ether oxygens (including phenoxy) is 3. The number of amides is 2. The van der Waals surface area contributed by atoms with E-state index in [-0.39, 0.29) is 79.4 Å². The number of benzene rings is 2. The van der Waals surface area contributed by atoms with Gasteiger partial charge in [-0.1, -0.05) is 45.0 Å². The van der Waals surface area contributed by atoms with Crippen LogP contribution in [-0.2, 0) is 65.2 Å². The van der Waals surface area contributed by atoms with Crippen molar-refractivity contribution >= 4 is 46.3 Å². The topological polar surface area (TPSA) is 224 Å². The van der Waals surface area contributed by atoms with E-state index < -0.39 is 29.7 Å². The van der Waals surface area contributed by atoms with Gasteiger partial charge in [-0.2, -0.15) is 0 Å². The van der Waals surface area contributed by atoms with Crippen molar-refractivity contribution in [2.75, 3.05) is 11.9 Å². The molecular formula is C44H50N6O9. The lowest BCUT2D eigenvalue weighted by Gasteiger charge is -2.35. The summed E-state index contributed by atoms with van der Waals surface area (Å²) in [5.74, 6) is -1.84. The van der Waals surface area contributed by atoms with E-state index in [1.165, 1.54) is 5.56 Å². The van der Waals surface area contributed by atoms with Gasteiger partial charge in [-0.15, -0.1) is 0 Å². The molecule has 15 heteroatoms. The minimum Gasteiger partial charge on any atom is -0.457 e. The second-order valence-corrected chi connectivity index (χ2v) is 15.7. The van der Waals surface area contributed by atoms with E-state index in [2.05, 4.69) is 16.7 Å². The van der Waals surface area contributed by atoms with E-state index in [0.29, 0.717) is 48.4 Å². The minimum absolute atomic E-state index is 0.0107. The summed E-state index contributed by atoms with van der Waals surface area (Å²) in [5, 5.41) is 6.58. The lowest BCUT2D eigenvalue weighted by Crippen LogP contribution is -2.47. The van der Waals surface area contributed by atoms with Crippen molar-refractivity contribution in [3.05, 3.63) is 92.3 Å². The normalized spacial score (nSPS) is 18.0. The first-order valence-corrected chi connectivity index (χ1v) is 20.3. The van der Waals surface area contributed by atoms with Gasteiger partial charge in [0, 0.05) is 47.0 Å². The molecule has 7 rings (SSSR count). The molecule has 0 unspecified atom stereocenters. The van der Waals surface area contributed by atoms with Crippen LogP contribution in [0.15, 0.2) is 53.3 Å². The van der Waals surface area contributed by atoms with Gasteiger partial charge >= 0.3 is 12.1 Å². The summed E-state index contributed by atoms with van der Waals surface area (Å²) in [4.78, 5) is 83.9. The minimum atomic E-state index is -1.95. The standard InChI is InChI=1S/C44H50N6O9/c1-4-44(59-43(56)58-22-25-11-14-27(15-12-25)47-40(53)33(9-5-6-19-45)48-36(52)18-17-35(51)24(2)3)30-20-34-39-28(21-50(34)41(54)29(30)23-57-42(44)55)38-31(46)16-13-26-8-7-10-32(49-39)37(26)38/h7-8,10-12,14-15,20,24,31,33H,4-6,9,13,16-19,21-23,45-46H2,1-3H3,(H,47,53)(H,48,52)/t31-,33-,44-/m0/s1. The van der Waals surface area contributed by atoms with Gasteiger partial charge in [-0.3, -0.25) is 19.2 Å². The van der Waals surface area contributed by atoms with Crippen molar-refractivity contribution in [2.24, 2.45) is 17.4 Å². The Morgan fingerprint density at radius 2 is 1.83 bits per heavy atom. The predicted octanol–water partition coefficient (Wildman–Crippen LogP) is 4.94. The van der Waals surface area contributed by atoms with Gasteiger partial charge in [0.15, 0.2) is 0 Å². The number of aryl methyl sites for hydroxylation is 1. The largest absolute Gasteiger partial charge is 0.510 e. The monoisotopic (exact) mass is 806 g/mol. The SMILES string of the molecule is CC[C@@]1(OC(=O)OCc2ccc(NC(=O)[C@H](CCCCN)NC(=O)CCC(=O)C(C)C)cc2)C(=O)OCc2c1cc1n(c2=O)Cc2c-1nc1cccc3c1c2[C@@H](N)CC3. The Labute approximate surface area is 341 Å². The molecular weight excluding hydrogens is 757 g/mol. The lowest BCUT2D eigenvalue weighted by molar-refractivity contribution is -0.175. The van der Waals surface area contributed by atoms with Crippen LogP contribution in [0.5, 0.6) is 0 Å². The molecule has 0 fully saturated rings. The third-order valence-electron chi connectivity index (χ3n) is 11.6. The van der Waals surface area contributed by atoms with Gasteiger partial charge in [0.05, 0.1) is 29.0 Å². The molecule has 310 valence electrons. The highest BCUT2D eigenvalue weighted by molar-refractivity contribution is 5.98. The Balaban J connectivity index is 1.04. The van der Waals surface area contributed by atoms with E-state index in [1.54, 1.807) is 55.7 Å². The zero-order valence-corrected chi connectivity index (χ0v) is 33.6. The number of pyridine rings is 2. The number of ketones is 1. The summed E-state index contributed by atoms with van der Waals surface area (Å²) in [6.45, 7) is 5.41. The van der Waals surface area contributed by atoms with Crippen LogP contribution in [0.25, 0.3) is 22.3 Å². The summed E-state index contributed by atoms with van der Waals surface area (Å²) in [5.41, 5.74) is 16.3. The Hall–Kier alpha value is -5.93. The van der Waals surface area contributed by atoms with Crippen LogP contribution in [-0.4, -0.2) is 51.9 Å². The van der Waals surface area contributed by atoms with Crippen LogP contribution < -0.4 is 27.7 Å². The molecule has 0 saturated carbocycles. The van der Waals surface area contributed by atoms with E-state index in [1.807, 2.05) is 12.1 Å². The molecule has 15 nitrogen and oxygen atoms in total. The van der Waals surface area contributed by atoms with Crippen molar-refractivity contribution in [3.63, 3.8) is 0 Å². The molecule has 0 spiro atoms. The molecule has 3 aliphatic rings. The highest BCUT2D eigenvalue weighted by Crippen LogP contribution is 2.45. The molecule has 2 amide bonds. The fraction of sp³-hybridized carbons (Fsp3) is 0.432. The summed E-state index contributed by atoms with van der Waals surface area (Å²) in [6, 6.07) is 13.2. The number of cyclic esters (lactones) is 1. The average Bonchev–Trinajstić information content (AvgIpc) is 3.59. The van der Waals surface area contributed by atoms with E-state index in [4.69, 9.17) is 30.7 Å². The fourth-order valence-electron chi connectivity index (χ4n) is 8.25. The molecule has 6 N–H and O–H groups in total. The molecule has 4 heterocycles. The number of hydrogen-bond donors (Lipinski definition) is 4. The lowest BCUT2D eigenvalue weighted by atomic mass is 9.83. The Morgan fingerprint density at radius 1 is 1.05 bits per heavy atom. The average molecular weight is 807 g/mol. The fourth-order valence-corrected chi connectivity index (χ4v) is 8.25. The molecule has 0 bridgehead atoms. The van der Waals surface area contributed by atoms with Gasteiger partial charge < -0.3 is 40.9 Å². The number of nitrogens with two attached hydrogens (primary N) is 2. The summed E-state index contributed by atoms with van der Waals surface area (Å²) >= 11 is 0. The first kappa shape index (κ1) is 41.2. The number of fused-ring (bicyclic) bond motifs is 5. The quantitative estimate of drug-likeness (QED) is 0.0816. The smallest absolute Gasteiger partial charge is 0.457 e. The van der Waals surface area contributed by atoms with Gasteiger partial charge in [-0.25, -0.2) is 14.6 Å². The number of anilines is 1. The number of rotatable bonds is 15. The van der Waals surface area contributed by atoms with Gasteiger partial charge in [-0.05, 0) is 86.0 Å². The van der Waals surface area contributed by atoms with Gasteiger partial charge in [0.25, 0.3) is 5.56 Å². The van der Waals surface area contributed by atoms with Crippen LogP contribution in [0.2, 0.25) is 0 Å². The van der Waals surface area contributed by atoms with Crippen LogP contribution >= 0.6 is 0 Å². The number of nitrogens with zero attached hydrogens (tertiary/aromatic N) is 2. The van der Waals surface area contributed by atoms with Crippen LogP contribution in [0.4, 0.5) is 10.5 Å². The summed E-state index contributed by atoms with van der Waals surface area (Å²) in [7, 11) is 0. The zero-order valence-electron chi connectivity index (χ0n) is 33.6. The molecule has 2 aromatic carbocycles. The number of carbonyl (C=O) groups is 5. The first-order chi connectivity index (χ1) is 28.3. The van der Waals surface area contributed by atoms with Gasteiger partial charge in [0.2, 0.25) is 17.4 Å². The second-order valence-electron chi connectivity index (χ2n) is 15.7. The third kappa shape index (κ3) is 8.08. The maximum absolute atomic E-state index is 14.1. The number of hydrogen-bond acceptors (Lipinski definition) is 12. The molecule has 1 aliphatic carbocycles. The van der Waals surface area contributed by atoms with Crippen molar-refractivity contribution < 1.29 is 38.2 Å². The highest BCUT2D eigenvalue weighted by atomic mass is 16.7. The van der Waals surface area contributed by atoms with E-state index in [0.717, 1.165) is 34.9 Å². The van der Waals surface area contributed by atoms with Crippen molar-refractivity contribution in [1.29, 1.82) is 0 Å². The van der Waals surface area contributed by atoms with Crippen molar-refractivity contribution in [2.45, 2.75) is 110 Å². The Morgan fingerprint density at radius 3 is 2.56 bits per heavy atom. The van der Waals surface area contributed by atoms with Crippen molar-refractivity contribution in [1.82, 2.24) is 14.9 Å². The molecule has 59 heavy (non-hydrogen) atoms. The maximum atomic E-state index is 14.1. The van der Waals surface area contributed by atoms with Crippen LogP contribution in [0, 0.1) is 5.92 Å². The number of unbranched alkanes of at least 4 members (excludes halogenated alkanes) is 1. The number of carbonyl (C=O) groups excluding carboxylic acids is 5. The molecule has 0 saturated heterocycles. The molecule has 0 radical (unpaired) electrons. The van der Waals surface area contributed by atoms with E-state index >= 15 is 0 Å². The maximum Gasteiger partial charge on any atom is 0.510 e. The first-order valence-electron chi connectivity index (χ1n) is 20.3. The second kappa shape index (κ2) is 17.1. The third-order valence-corrected chi connectivity index (χ3v) is 11.6. The molecule has 2 aliphatic heterocycles. The number of esters is 1. The van der Waals surface area contributed by atoms with Crippen LogP contribution in [0.1, 0.15) is 105 Å². The van der Waals surface area contributed by atoms with E-state index in [9.17, 15) is 28.8 Å². The number of nitrogens with one attached hydrogen (secondary N) is 2. The summed E-state index contributed by atoms with van der Waals surface area (Å²) < 4.78 is 18.4. The number of aromatic nitrogens is 2. The zero-order chi connectivity index (χ0) is 42.0.